The summed E-state index contributed by atoms with van der Waals surface area (Å²) in [7, 11) is 0. The molecule has 1 atom stereocenters. The highest BCUT2D eigenvalue weighted by molar-refractivity contribution is 6.31. The fraction of sp³-hybridized carbons (Fsp3) is 0.214. The van der Waals surface area contributed by atoms with Crippen LogP contribution in [0.2, 0.25) is 5.02 Å². The number of carboxylic acids is 1. The second kappa shape index (κ2) is 11.7. The van der Waals surface area contributed by atoms with Crippen LogP contribution in [0.3, 0.4) is 0 Å². The second-order valence-electron chi connectivity index (χ2n) is 8.20. The molecule has 35 heavy (non-hydrogen) atoms. The molecule has 0 fully saturated rings. The molecule has 4 aromatic rings. The number of oxazole rings is 1. The number of nitrogens with one attached hydrogen (secondary N) is 1. The minimum absolute atomic E-state index is 0.348. The van der Waals surface area contributed by atoms with Crippen LogP contribution in [0.15, 0.2) is 83.3 Å². The quantitative estimate of drug-likeness (QED) is 0.280. The number of hydrogen-bond donors (Lipinski definition) is 2. The van der Waals surface area contributed by atoms with Crippen LogP contribution in [0, 0.1) is 6.92 Å². The van der Waals surface area contributed by atoms with Crippen LogP contribution >= 0.6 is 11.6 Å². The van der Waals surface area contributed by atoms with E-state index in [0.29, 0.717) is 42.7 Å². The van der Waals surface area contributed by atoms with E-state index >= 15 is 0 Å². The lowest BCUT2D eigenvalue weighted by Crippen LogP contribution is -2.38. The van der Waals surface area contributed by atoms with Gasteiger partial charge in [-0.2, -0.15) is 0 Å². The Labute approximate surface area is 209 Å². The van der Waals surface area contributed by atoms with Crippen molar-refractivity contribution >= 4 is 17.6 Å². The standard InChI is InChI=1S/C28H27ClN2O4/c1-19-25(31-27(35-19)21-7-3-2-4-8-21)15-16-34-23-13-11-20(12-14-23)17-26(28(32)33)30-18-22-9-5-6-10-24(22)29/h2-14,26,30H,15-18H2,1H3,(H,32,33). The molecular weight excluding hydrogens is 464 g/mol. The van der Waals surface area contributed by atoms with E-state index in [-0.39, 0.29) is 0 Å². The molecule has 0 aliphatic heterocycles. The molecule has 7 heteroatoms. The zero-order valence-electron chi connectivity index (χ0n) is 19.4. The van der Waals surface area contributed by atoms with Crippen LogP contribution in [0.25, 0.3) is 11.5 Å². The summed E-state index contributed by atoms with van der Waals surface area (Å²) in [6.45, 7) is 2.74. The minimum Gasteiger partial charge on any atom is -0.493 e. The van der Waals surface area contributed by atoms with E-state index in [1.165, 1.54) is 0 Å². The maximum absolute atomic E-state index is 11.7. The van der Waals surface area contributed by atoms with Gasteiger partial charge in [0.2, 0.25) is 5.89 Å². The number of carboxylic acid groups (broad SMARTS) is 1. The van der Waals surface area contributed by atoms with Crippen LogP contribution in [0.4, 0.5) is 0 Å². The first-order chi connectivity index (χ1) is 17.0. The van der Waals surface area contributed by atoms with E-state index in [0.717, 1.165) is 28.1 Å². The van der Waals surface area contributed by atoms with Gasteiger partial charge in [-0.1, -0.05) is 60.1 Å². The zero-order chi connectivity index (χ0) is 24.6. The first-order valence-corrected chi connectivity index (χ1v) is 11.8. The first kappa shape index (κ1) is 24.5. The summed E-state index contributed by atoms with van der Waals surface area (Å²) in [6, 6.07) is 23.9. The Morgan fingerprint density at radius 3 is 2.49 bits per heavy atom. The molecule has 2 N–H and O–H groups in total. The van der Waals surface area contributed by atoms with Crippen molar-refractivity contribution < 1.29 is 19.1 Å². The van der Waals surface area contributed by atoms with Gasteiger partial charge in [-0.05, 0) is 54.8 Å². The van der Waals surface area contributed by atoms with Crippen LogP contribution < -0.4 is 10.1 Å². The maximum Gasteiger partial charge on any atom is 0.321 e. The monoisotopic (exact) mass is 490 g/mol. The summed E-state index contributed by atoms with van der Waals surface area (Å²) in [5.41, 5.74) is 3.58. The van der Waals surface area contributed by atoms with Gasteiger partial charge in [-0.3, -0.25) is 10.1 Å². The number of halogens is 1. The molecule has 0 aliphatic rings. The number of nitrogens with zero attached hydrogens (tertiary/aromatic N) is 1. The van der Waals surface area contributed by atoms with Crippen molar-refractivity contribution in [2.24, 2.45) is 0 Å². The Morgan fingerprint density at radius 1 is 1.06 bits per heavy atom. The number of aliphatic carboxylic acids is 1. The van der Waals surface area contributed by atoms with E-state index in [9.17, 15) is 9.90 Å². The minimum atomic E-state index is -0.907. The van der Waals surface area contributed by atoms with Crippen LogP contribution in [-0.4, -0.2) is 28.7 Å². The molecule has 0 bridgehead atoms. The van der Waals surface area contributed by atoms with Gasteiger partial charge < -0.3 is 14.3 Å². The van der Waals surface area contributed by atoms with E-state index < -0.39 is 12.0 Å². The third-order valence-corrected chi connectivity index (χ3v) is 6.05. The normalized spacial score (nSPS) is 11.8. The summed E-state index contributed by atoms with van der Waals surface area (Å²) in [5, 5.41) is 13.3. The van der Waals surface area contributed by atoms with Crippen molar-refractivity contribution in [3.63, 3.8) is 0 Å². The summed E-state index contributed by atoms with van der Waals surface area (Å²) in [4.78, 5) is 16.3. The highest BCUT2D eigenvalue weighted by Crippen LogP contribution is 2.22. The van der Waals surface area contributed by atoms with Gasteiger partial charge in [-0.25, -0.2) is 4.98 Å². The average molecular weight is 491 g/mol. The topological polar surface area (TPSA) is 84.6 Å². The first-order valence-electron chi connectivity index (χ1n) is 11.4. The lowest BCUT2D eigenvalue weighted by Gasteiger charge is -2.15. The molecule has 0 saturated carbocycles. The van der Waals surface area contributed by atoms with Gasteiger partial charge in [0.1, 0.15) is 17.6 Å². The molecule has 0 amide bonds. The van der Waals surface area contributed by atoms with Crippen molar-refractivity contribution in [1.82, 2.24) is 10.3 Å². The summed E-state index contributed by atoms with van der Waals surface area (Å²) in [5.74, 6) is 1.20. The zero-order valence-corrected chi connectivity index (χ0v) is 20.2. The Kier molecular flexibility index (Phi) is 8.19. The average Bonchev–Trinajstić information content (AvgIpc) is 3.24. The number of aryl methyl sites for hydroxylation is 1. The van der Waals surface area contributed by atoms with Gasteiger partial charge in [-0.15, -0.1) is 0 Å². The van der Waals surface area contributed by atoms with Crippen molar-refractivity contribution in [1.29, 1.82) is 0 Å². The molecule has 180 valence electrons. The number of rotatable bonds is 11. The van der Waals surface area contributed by atoms with E-state index in [1.54, 1.807) is 6.07 Å². The highest BCUT2D eigenvalue weighted by atomic mass is 35.5. The molecule has 3 aromatic carbocycles. The lowest BCUT2D eigenvalue weighted by atomic mass is 10.1. The smallest absolute Gasteiger partial charge is 0.321 e. The molecular formula is C28H27ClN2O4. The van der Waals surface area contributed by atoms with Crippen molar-refractivity contribution in [2.45, 2.75) is 32.4 Å². The van der Waals surface area contributed by atoms with Gasteiger partial charge >= 0.3 is 5.97 Å². The Balaban J connectivity index is 1.29. The second-order valence-corrected chi connectivity index (χ2v) is 8.60. The highest BCUT2D eigenvalue weighted by Gasteiger charge is 2.18. The molecule has 0 aliphatic carbocycles. The molecule has 0 spiro atoms. The van der Waals surface area contributed by atoms with Crippen LogP contribution in [-0.2, 0) is 24.2 Å². The Morgan fingerprint density at radius 2 is 1.77 bits per heavy atom. The molecule has 1 unspecified atom stereocenters. The van der Waals surface area contributed by atoms with Gasteiger partial charge in [0.15, 0.2) is 0 Å². The predicted octanol–water partition coefficient (Wildman–Crippen LogP) is 5.71. The summed E-state index contributed by atoms with van der Waals surface area (Å²) >= 11 is 6.17. The lowest BCUT2D eigenvalue weighted by molar-refractivity contribution is -0.139. The van der Waals surface area contributed by atoms with E-state index in [4.69, 9.17) is 20.8 Å². The largest absolute Gasteiger partial charge is 0.493 e. The molecule has 1 heterocycles. The Bertz CT molecular complexity index is 1260. The molecule has 0 saturated heterocycles. The van der Waals surface area contributed by atoms with Crippen molar-refractivity contribution in [2.75, 3.05) is 6.61 Å². The fourth-order valence-electron chi connectivity index (χ4n) is 3.71. The van der Waals surface area contributed by atoms with E-state index in [2.05, 4.69) is 10.3 Å². The fourth-order valence-corrected chi connectivity index (χ4v) is 3.91. The van der Waals surface area contributed by atoms with Gasteiger partial charge in [0, 0.05) is 23.6 Å². The maximum atomic E-state index is 11.7. The van der Waals surface area contributed by atoms with Crippen molar-refractivity contribution in [3.05, 3.63) is 106 Å². The van der Waals surface area contributed by atoms with Gasteiger partial charge in [0.25, 0.3) is 0 Å². The predicted molar refractivity (Wildman–Crippen MR) is 136 cm³/mol. The Hall–Kier alpha value is -3.61. The number of ether oxygens (including phenoxy) is 1. The number of aromatic nitrogens is 1. The third kappa shape index (κ3) is 6.72. The molecule has 4 rings (SSSR count). The SMILES string of the molecule is Cc1oc(-c2ccccc2)nc1CCOc1ccc(CC(NCc2ccccc2Cl)C(=O)O)cc1. The number of benzene rings is 3. The number of carbonyl (C=O) groups is 1. The summed E-state index contributed by atoms with van der Waals surface area (Å²) in [6.07, 6.45) is 0.970. The number of hydrogen-bond acceptors (Lipinski definition) is 5. The van der Waals surface area contributed by atoms with Crippen molar-refractivity contribution in [3.8, 4) is 17.2 Å². The molecule has 1 aromatic heterocycles. The summed E-state index contributed by atoms with van der Waals surface area (Å²) < 4.78 is 11.7. The third-order valence-electron chi connectivity index (χ3n) is 5.68. The van der Waals surface area contributed by atoms with Crippen LogP contribution in [0.1, 0.15) is 22.6 Å². The van der Waals surface area contributed by atoms with Crippen LogP contribution in [0.5, 0.6) is 5.75 Å². The van der Waals surface area contributed by atoms with Gasteiger partial charge in [0.05, 0.1) is 12.3 Å². The molecule has 6 nitrogen and oxygen atoms in total. The molecule has 0 radical (unpaired) electrons. The van der Waals surface area contributed by atoms with E-state index in [1.807, 2.05) is 79.7 Å².